The van der Waals surface area contributed by atoms with Crippen LogP contribution in [0.4, 0.5) is 0 Å². The third-order valence-corrected chi connectivity index (χ3v) is 7.16. The summed E-state index contributed by atoms with van der Waals surface area (Å²) in [5, 5.41) is 70.6. The molecule has 7 N–H and O–H groups in total. The molecule has 2 aliphatic rings. The van der Waals surface area contributed by atoms with Crippen LogP contribution in [0.15, 0.2) is 51.9 Å². The van der Waals surface area contributed by atoms with E-state index in [9.17, 15) is 40.5 Å². The zero-order valence-electron chi connectivity index (χ0n) is 21.7. The number of aliphatic hydroxyl groups excluding tert-OH is 5. The molecule has 41 heavy (non-hydrogen) atoms. The van der Waals surface area contributed by atoms with Crippen molar-refractivity contribution in [2.45, 2.75) is 48.7 Å². The van der Waals surface area contributed by atoms with Crippen molar-refractivity contribution in [1.82, 2.24) is 0 Å². The molecular formula is C27H30O14. The topological polar surface area (TPSA) is 218 Å². The molecule has 3 heterocycles. The Bertz CT molecular complexity index is 1420. The van der Waals surface area contributed by atoms with Crippen LogP contribution >= 0.6 is 0 Å². The molecule has 3 aromatic rings. The van der Waals surface area contributed by atoms with Gasteiger partial charge in [-0.05, 0) is 17.7 Å². The molecule has 0 bridgehead atoms. The van der Waals surface area contributed by atoms with Gasteiger partial charge in [0.25, 0.3) is 0 Å². The van der Waals surface area contributed by atoms with Crippen LogP contribution in [-0.4, -0.2) is 111 Å². The number of rotatable bonds is 8. The van der Waals surface area contributed by atoms with E-state index in [-0.39, 0.29) is 33.8 Å². The fraction of sp³-hybridized carbons (Fsp3) is 0.444. The quantitative estimate of drug-likeness (QED) is 0.167. The molecule has 2 saturated heterocycles. The maximum absolute atomic E-state index is 13.4. The summed E-state index contributed by atoms with van der Waals surface area (Å²) in [6.45, 7) is -1.99. The maximum atomic E-state index is 13.4. The Balaban J connectivity index is 1.47. The number of hydrogen-bond acceptors (Lipinski definition) is 14. The van der Waals surface area contributed by atoms with E-state index in [0.29, 0.717) is 5.56 Å². The highest BCUT2D eigenvalue weighted by atomic mass is 16.8. The second-order valence-corrected chi connectivity index (χ2v) is 9.84. The van der Waals surface area contributed by atoms with Gasteiger partial charge in [-0.25, -0.2) is 0 Å². The summed E-state index contributed by atoms with van der Waals surface area (Å²) in [5.41, 5.74) is -1.64. The molecule has 5 rings (SSSR count). The molecule has 0 amide bonds. The van der Waals surface area contributed by atoms with Crippen LogP contribution in [0.25, 0.3) is 22.1 Å². The average Bonchev–Trinajstić information content (AvgIpc) is 3.26. The lowest BCUT2D eigenvalue weighted by Gasteiger charge is -2.42. The first-order chi connectivity index (χ1) is 19.6. The van der Waals surface area contributed by atoms with Crippen LogP contribution in [0.3, 0.4) is 0 Å². The number of aliphatic hydroxyl groups is 6. The van der Waals surface area contributed by atoms with E-state index in [1.165, 1.54) is 37.6 Å². The van der Waals surface area contributed by atoms with Gasteiger partial charge in [-0.1, -0.05) is 12.1 Å². The molecule has 0 spiro atoms. The Morgan fingerprint density at radius 1 is 1.05 bits per heavy atom. The number of methoxy groups -OCH3 is 1. The van der Waals surface area contributed by atoms with Crippen molar-refractivity contribution in [2.24, 2.45) is 0 Å². The van der Waals surface area contributed by atoms with Crippen LogP contribution in [-0.2, 0) is 14.2 Å². The SMILES string of the molecule is COc1cc(OC2OC(CO)C(O)C(O)C2OC2OCC(O)(CO)C2O)cc2occ(-c3ccc(O)cc3)c(=O)c12. The first-order valence-corrected chi connectivity index (χ1v) is 12.6. The summed E-state index contributed by atoms with van der Waals surface area (Å²) in [6, 6.07) is 8.69. The van der Waals surface area contributed by atoms with Crippen molar-refractivity contribution >= 4 is 11.0 Å². The van der Waals surface area contributed by atoms with Gasteiger partial charge in [0.15, 0.2) is 12.4 Å². The molecule has 1 aromatic heterocycles. The molecule has 2 aromatic carbocycles. The Labute approximate surface area is 232 Å². The van der Waals surface area contributed by atoms with Gasteiger partial charge in [-0.15, -0.1) is 0 Å². The Kier molecular flexibility index (Phi) is 8.20. The lowest BCUT2D eigenvalue weighted by atomic mass is 9.98. The monoisotopic (exact) mass is 578 g/mol. The number of phenolic OH excluding ortho intramolecular Hbond substituents is 1. The summed E-state index contributed by atoms with van der Waals surface area (Å²) in [4.78, 5) is 13.4. The minimum atomic E-state index is -2.02. The van der Waals surface area contributed by atoms with Gasteiger partial charge >= 0.3 is 0 Å². The highest BCUT2D eigenvalue weighted by Crippen LogP contribution is 2.35. The minimum absolute atomic E-state index is 0.0218. The molecule has 8 atom stereocenters. The van der Waals surface area contributed by atoms with Gasteiger partial charge in [-0.2, -0.15) is 0 Å². The zero-order chi connectivity index (χ0) is 29.5. The van der Waals surface area contributed by atoms with Crippen molar-refractivity contribution in [2.75, 3.05) is 26.9 Å². The summed E-state index contributed by atoms with van der Waals surface area (Å²) >= 11 is 0. The summed E-state index contributed by atoms with van der Waals surface area (Å²) in [6.07, 6.45) is -9.68. The molecule has 2 aliphatic heterocycles. The van der Waals surface area contributed by atoms with E-state index in [1.54, 1.807) is 12.1 Å². The van der Waals surface area contributed by atoms with Crippen molar-refractivity contribution in [3.63, 3.8) is 0 Å². The molecule has 8 unspecified atom stereocenters. The molecule has 0 radical (unpaired) electrons. The first kappa shape index (κ1) is 29.2. The van der Waals surface area contributed by atoms with Gasteiger partial charge in [-0.3, -0.25) is 4.79 Å². The Hall–Kier alpha value is -3.31. The highest BCUT2D eigenvalue weighted by molar-refractivity contribution is 5.88. The first-order valence-electron chi connectivity index (χ1n) is 12.6. The number of hydrogen-bond donors (Lipinski definition) is 7. The largest absolute Gasteiger partial charge is 0.508 e. The smallest absolute Gasteiger partial charge is 0.229 e. The van der Waals surface area contributed by atoms with Gasteiger partial charge in [0.05, 0.1) is 32.5 Å². The molecule has 2 fully saturated rings. The van der Waals surface area contributed by atoms with E-state index in [2.05, 4.69) is 0 Å². The van der Waals surface area contributed by atoms with Crippen LogP contribution in [0.5, 0.6) is 17.2 Å². The van der Waals surface area contributed by atoms with E-state index in [0.717, 1.165) is 0 Å². The van der Waals surface area contributed by atoms with Crippen molar-refractivity contribution < 1.29 is 63.8 Å². The number of fused-ring (bicyclic) bond motifs is 1. The molecule has 0 aliphatic carbocycles. The normalized spacial score (nSPS) is 31.8. The second-order valence-electron chi connectivity index (χ2n) is 9.84. The number of aromatic hydroxyl groups is 1. The third-order valence-electron chi connectivity index (χ3n) is 7.16. The predicted molar refractivity (Wildman–Crippen MR) is 137 cm³/mol. The van der Waals surface area contributed by atoms with E-state index < -0.39 is 74.0 Å². The van der Waals surface area contributed by atoms with E-state index in [1.807, 2.05) is 0 Å². The minimum Gasteiger partial charge on any atom is -0.508 e. The summed E-state index contributed by atoms with van der Waals surface area (Å²) in [7, 11) is 1.33. The third kappa shape index (κ3) is 5.37. The standard InChI is InChI=1S/C27H30O14/c1-36-16-6-14(7-17-19(16)20(31)15(9-37-17)12-2-4-13(30)5-3-12)39-25-23(22(33)21(32)18(8-28)40-25)41-26-24(34)27(35,10-29)11-38-26/h2-7,9,18,21-26,28-30,32-35H,8,10-11H2,1H3. The zero-order valence-corrected chi connectivity index (χ0v) is 21.7. The van der Waals surface area contributed by atoms with E-state index >= 15 is 0 Å². The molecule has 14 nitrogen and oxygen atoms in total. The second kappa shape index (κ2) is 11.5. The van der Waals surface area contributed by atoms with Gasteiger partial charge < -0.3 is 63.8 Å². The summed E-state index contributed by atoms with van der Waals surface area (Å²) in [5.74, 6) is 0.125. The molecule has 14 heteroatoms. The number of benzene rings is 2. The van der Waals surface area contributed by atoms with Crippen LogP contribution in [0.2, 0.25) is 0 Å². The summed E-state index contributed by atoms with van der Waals surface area (Å²) < 4.78 is 33.6. The average molecular weight is 579 g/mol. The van der Waals surface area contributed by atoms with E-state index in [4.69, 9.17) is 28.1 Å². The van der Waals surface area contributed by atoms with Crippen molar-refractivity contribution in [1.29, 1.82) is 0 Å². The molecule has 222 valence electrons. The van der Waals surface area contributed by atoms with Gasteiger partial charge in [0, 0.05) is 12.1 Å². The van der Waals surface area contributed by atoms with Crippen molar-refractivity contribution in [3.8, 4) is 28.4 Å². The highest BCUT2D eigenvalue weighted by Gasteiger charge is 2.53. The lowest BCUT2D eigenvalue weighted by molar-refractivity contribution is -0.318. The number of phenols is 1. The lowest BCUT2D eigenvalue weighted by Crippen LogP contribution is -2.62. The number of ether oxygens (including phenoxy) is 5. The van der Waals surface area contributed by atoms with Crippen molar-refractivity contribution in [3.05, 3.63) is 52.9 Å². The van der Waals surface area contributed by atoms with Gasteiger partial charge in [0.1, 0.15) is 64.5 Å². The molecule has 0 saturated carbocycles. The van der Waals surface area contributed by atoms with Crippen LogP contribution in [0, 0.1) is 0 Å². The predicted octanol–water partition coefficient (Wildman–Crippen LogP) is -1.18. The van der Waals surface area contributed by atoms with Crippen LogP contribution in [0.1, 0.15) is 0 Å². The maximum Gasteiger partial charge on any atom is 0.229 e. The molecular weight excluding hydrogens is 548 g/mol. The Morgan fingerprint density at radius 3 is 2.41 bits per heavy atom. The fourth-order valence-corrected chi connectivity index (χ4v) is 4.76. The van der Waals surface area contributed by atoms with Crippen LogP contribution < -0.4 is 14.9 Å². The fourth-order valence-electron chi connectivity index (χ4n) is 4.76. The van der Waals surface area contributed by atoms with Gasteiger partial charge in [0.2, 0.25) is 11.7 Å². The Morgan fingerprint density at radius 2 is 1.78 bits per heavy atom.